The van der Waals surface area contributed by atoms with E-state index < -0.39 is 10.0 Å². The smallest absolute Gasteiger partial charge is 0.243 e. The standard InChI is InChI=1S/C22H25N3O3S/c1-16-3-6-20(17(2)13-16)15-24-22(26)19-9-11-25(12-10-19)29(27,28)21-7-4-18(14-23)5-8-21/h3-8,13,19H,9-12,15H2,1-2H3,(H,24,26). The van der Waals surface area contributed by atoms with Crippen LogP contribution in [0.5, 0.6) is 0 Å². The van der Waals surface area contributed by atoms with Gasteiger partial charge in [-0.05, 0) is 62.1 Å². The van der Waals surface area contributed by atoms with E-state index in [1.54, 1.807) is 0 Å². The van der Waals surface area contributed by atoms with Gasteiger partial charge in [-0.3, -0.25) is 4.79 Å². The fourth-order valence-electron chi connectivity index (χ4n) is 3.58. The molecule has 1 aliphatic rings. The number of hydrogen-bond donors (Lipinski definition) is 1. The van der Waals surface area contributed by atoms with Crippen LogP contribution in [-0.4, -0.2) is 31.7 Å². The first-order chi connectivity index (χ1) is 13.8. The van der Waals surface area contributed by atoms with Crippen LogP contribution in [0.25, 0.3) is 0 Å². The van der Waals surface area contributed by atoms with Gasteiger partial charge >= 0.3 is 0 Å². The van der Waals surface area contributed by atoms with Gasteiger partial charge in [0.05, 0.1) is 16.5 Å². The van der Waals surface area contributed by atoms with Gasteiger partial charge in [-0.1, -0.05) is 23.8 Å². The van der Waals surface area contributed by atoms with E-state index in [4.69, 9.17) is 5.26 Å². The minimum Gasteiger partial charge on any atom is -0.352 e. The number of hydrogen-bond acceptors (Lipinski definition) is 4. The molecule has 3 rings (SSSR count). The Morgan fingerprint density at radius 1 is 1.14 bits per heavy atom. The van der Waals surface area contributed by atoms with Gasteiger partial charge in [-0.2, -0.15) is 9.57 Å². The maximum atomic E-state index is 12.8. The van der Waals surface area contributed by atoms with Crippen molar-refractivity contribution in [2.75, 3.05) is 13.1 Å². The summed E-state index contributed by atoms with van der Waals surface area (Å²) in [5.41, 5.74) is 3.84. The van der Waals surface area contributed by atoms with Crippen LogP contribution < -0.4 is 5.32 Å². The Morgan fingerprint density at radius 3 is 2.38 bits per heavy atom. The molecule has 2 aromatic carbocycles. The third-order valence-corrected chi connectivity index (χ3v) is 7.31. The number of nitrogens with zero attached hydrogens (tertiary/aromatic N) is 2. The van der Waals surface area contributed by atoms with E-state index >= 15 is 0 Å². The molecule has 1 heterocycles. The Balaban J connectivity index is 1.56. The summed E-state index contributed by atoms with van der Waals surface area (Å²) in [7, 11) is -3.61. The van der Waals surface area contributed by atoms with E-state index in [2.05, 4.69) is 11.4 Å². The number of piperidine rings is 1. The van der Waals surface area contributed by atoms with E-state index in [1.807, 2.05) is 32.0 Å². The molecule has 0 atom stereocenters. The quantitative estimate of drug-likeness (QED) is 0.819. The number of sulfonamides is 1. The van der Waals surface area contributed by atoms with Gasteiger partial charge < -0.3 is 5.32 Å². The van der Waals surface area contributed by atoms with Gasteiger partial charge in [-0.25, -0.2) is 8.42 Å². The molecule has 152 valence electrons. The predicted molar refractivity (Wildman–Crippen MR) is 110 cm³/mol. The Labute approximate surface area is 172 Å². The average Bonchev–Trinajstić information content (AvgIpc) is 2.73. The highest BCUT2D eigenvalue weighted by Crippen LogP contribution is 2.24. The van der Waals surface area contributed by atoms with Gasteiger partial charge in [-0.15, -0.1) is 0 Å². The van der Waals surface area contributed by atoms with E-state index in [0.717, 1.165) is 11.1 Å². The molecule has 0 saturated carbocycles. The van der Waals surface area contributed by atoms with Crippen molar-refractivity contribution in [1.82, 2.24) is 9.62 Å². The number of aryl methyl sites for hydroxylation is 2. The van der Waals surface area contributed by atoms with E-state index in [0.29, 0.717) is 38.0 Å². The number of benzene rings is 2. The average molecular weight is 412 g/mol. The van der Waals surface area contributed by atoms with Crippen LogP contribution >= 0.6 is 0 Å². The molecule has 29 heavy (non-hydrogen) atoms. The van der Waals surface area contributed by atoms with E-state index in [1.165, 1.54) is 34.1 Å². The van der Waals surface area contributed by atoms with Crippen molar-refractivity contribution in [2.45, 2.75) is 38.1 Å². The van der Waals surface area contributed by atoms with Crippen molar-refractivity contribution >= 4 is 15.9 Å². The van der Waals surface area contributed by atoms with Crippen LogP contribution in [-0.2, 0) is 21.4 Å². The minimum atomic E-state index is -3.61. The van der Waals surface area contributed by atoms with Gasteiger partial charge in [0.1, 0.15) is 0 Å². The lowest BCUT2D eigenvalue weighted by Gasteiger charge is -2.30. The SMILES string of the molecule is Cc1ccc(CNC(=O)C2CCN(S(=O)(=O)c3ccc(C#N)cc3)CC2)c(C)c1. The van der Waals surface area contributed by atoms with Crippen molar-refractivity contribution in [3.05, 3.63) is 64.7 Å². The Kier molecular flexibility index (Phi) is 6.36. The van der Waals surface area contributed by atoms with Gasteiger partial charge in [0.15, 0.2) is 0 Å². The van der Waals surface area contributed by atoms with Gasteiger partial charge in [0, 0.05) is 25.6 Å². The van der Waals surface area contributed by atoms with Crippen molar-refractivity contribution < 1.29 is 13.2 Å². The number of rotatable bonds is 5. The highest BCUT2D eigenvalue weighted by molar-refractivity contribution is 7.89. The molecule has 1 saturated heterocycles. The summed E-state index contributed by atoms with van der Waals surface area (Å²) >= 11 is 0. The Morgan fingerprint density at radius 2 is 1.79 bits per heavy atom. The van der Waals surface area contributed by atoms with Gasteiger partial charge in [0.2, 0.25) is 15.9 Å². The van der Waals surface area contributed by atoms with Crippen molar-refractivity contribution in [3.63, 3.8) is 0 Å². The topological polar surface area (TPSA) is 90.3 Å². The third-order valence-electron chi connectivity index (χ3n) is 5.40. The summed E-state index contributed by atoms with van der Waals surface area (Å²) in [6, 6.07) is 14.0. The number of nitriles is 1. The molecule has 1 aliphatic heterocycles. The van der Waals surface area contributed by atoms with E-state index in [9.17, 15) is 13.2 Å². The number of carbonyl (C=O) groups excluding carboxylic acids is 1. The predicted octanol–water partition coefficient (Wildman–Crippen LogP) is 2.89. The number of amides is 1. The summed E-state index contributed by atoms with van der Waals surface area (Å²) in [6.45, 7) is 5.17. The Bertz CT molecular complexity index is 1030. The normalized spacial score (nSPS) is 15.6. The van der Waals surface area contributed by atoms with Crippen LogP contribution in [0.4, 0.5) is 0 Å². The first kappa shape index (κ1) is 21.0. The van der Waals surface area contributed by atoms with Crippen LogP contribution in [0.1, 0.15) is 35.1 Å². The zero-order chi connectivity index (χ0) is 21.0. The Hall–Kier alpha value is -2.69. The summed E-state index contributed by atoms with van der Waals surface area (Å²) in [6.07, 6.45) is 0.989. The summed E-state index contributed by atoms with van der Waals surface area (Å²) in [4.78, 5) is 12.7. The fraction of sp³-hybridized carbons (Fsp3) is 0.364. The van der Waals surface area contributed by atoms with Crippen molar-refractivity contribution in [1.29, 1.82) is 5.26 Å². The molecular weight excluding hydrogens is 386 g/mol. The third kappa shape index (κ3) is 4.84. The lowest BCUT2D eigenvalue weighted by Crippen LogP contribution is -2.42. The van der Waals surface area contributed by atoms with Crippen LogP contribution in [0, 0.1) is 31.1 Å². The lowest BCUT2D eigenvalue weighted by molar-refractivity contribution is -0.126. The second-order valence-electron chi connectivity index (χ2n) is 7.46. The summed E-state index contributed by atoms with van der Waals surface area (Å²) in [5.74, 6) is -0.214. The highest BCUT2D eigenvalue weighted by atomic mass is 32.2. The van der Waals surface area contributed by atoms with Crippen LogP contribution in [0.2, 0.25) is 0 Å². The molecule has 1 amide bonds. The molecule has 0 bridgehead atoms. The number of nitrogens with one attached hydrogen (secondary N) is 1. The van der Waals surface area contributed by atoms with Gasteiger partial charge in [0.25, 0.3) is 0 Å². The molecule has 2 aromatic rings. The summed E-state index contributed by atoms with van der Waals surface area (Å²) < 4.78 is 27.0. The minimum absolute atomic E-state index is 0.0274. The zero-order valence-corrected chi connectivity index (χ0v) is 17.5. The molecule has 6 nitrogen and oxygen atoms in total. The molecule has 0 unspecified atom stereocenters. The number of carbonyl (C=O) groups is 1. The van der Waals surface area contributed by atoms with Crippen molar-refractivity contribution in [2.24, 2.45) is 5.92 Å². The molecule has 7 heteroatoms. The molecule has 0 aromatic heterocycles. The summed E-state index contributed by atoms with van der Waals surface area (Å²) in [5, 5.41) is 11.8. The van der Waals surface area contributed by atoms with Crippen LogP contribution in [0.3, 0.4) is 0 Å². The largest absolute Gasteiger partial charge is 0.352 e. The molecule has 1 fully saturated rings. The lowest BCUT2D eigenvalue weighted by atomic mass is 9.97. The second kappa shape index (κ2) is 8.76. The molecule has 0 aliphatic carbocycles. The first-order valence-electron chi connectivity index (χ1n) is 9.65. The zero-order valence-electron chi connectivity index (χ0n) is 16.7. The van der Waals surface area contributed by atoms with Crippen molar-refractivity contribution in [3.8, 4) is 6.07 Å². The highest BCUT2D eigenvalue weighted by Gasteiger charge is 2.32. The molecule has 0 spiro atoms. The second-order valence-corrected chi connectivity index (χ2v) is 9.40. The van der Waals surface area contributed by atoms with Crippen LogP contribution in [0.15, 0.2) is 47.4 Å². The van der Waals surface area contributed by atoms with E-state index in [-0.39, 0.29) is 16.7 Å². The maximum Gasteiger partial charge on any atom is 0.243 e. The monoisotopic (exact) mass is 411 g/mol. The fourth-order valence-corrected chi connectivity index (χ4v) is 5.05. The molecule has 1 N–H and O–H groups in total. The molecular formula is C22H25N3O3S. The first-order valence-corrected chi connectivity index (χ1v) is 11.1. The molecule has 0 radical (unpaired) electrons. The maximum absolute atomic E-state index is 12.8.